The normalized spacial score (nSPS) is 13.2. The third-order valence-corrected chi connectivity index (χ3v) is 3.20. The largest absolute Gasteiger partial charge is 0.427 e. The van der Waals surface area contributed by atoms with Crippen LogP contribution in [0.5, 0.6) is 5.75 Å². The lowest BCUT2D eigenvalue weighted by molar-refractivity contribution is -0.131. The van der Waals surface area contributed by atoms with Crippen LogP contribution in [0.1, 0.15) is 39.2 Å². The molecule has 1 unspecified atom stereocenters. The predicted octanol–water partition coefficient (Wildman–Crippen LogP) is 2.79. The third-order valence-electron chi connectivity index (χ3n) is 3.20. The zero-order chi connectivity index (χ0) is 13.1. The van der Waals surface area contributed by atoms with E-state index in [0.717, 1.165) is 0 Å². The van der Waals surface area contributed by atoms with Crippen molar-refractivity contribution in [2.24, 2.45) is 5.41 Å². The first-order chi connectivity index (χ1) is 7.84. The molecule has 0 saturated carbocycles. The maximum atomic E-state index is 11.1. The van der Waals surface area contributed by atoms with Gasteiger partial charge in [0.2, 0.25) is 0 Å². The molecule has 0 aliphatic rings. The summed E-state index contributed by atoms with van der Waals surface area (Å²) in [6.07, 6.45) is 0.403. The standard InChI is InChI=1S/C14H21BO2/c1-10(14(2,3)4)11-5-7-12(8-6-11)17-13(16)9-15/h5-8,10H,9,15H2,1-4H3. The van der Waals surface area contributed by atoms with E-state index in [0.29, 0.717) is 18.0 Å². The van der Waals surface area contributed by atoms with Crippen molar-refractivity contribution in [1.29, 1.82) is 0 Å². The van der Waals surface area contributed by atoms with Gasteiger partial charge >= 0.3 is 5.97 Å². The maximum absolute atomic E-state index is 11.1. The van der Waals surface area contributed by atoms with Crippen LogP contribution in [-0.4, -0.2) is 13.8 Å². The van der Waals surface area contributed by atoms with E-state index >= 15 is 0 Å². The van der Waals surface area contributed by atoms with E-state index in [-0.39, 0.29) is 11.4 Å². The molecule has 0 saturated heterocycles. The molecule has 92 valence electrons. The summed E-state index contributed by atoms with van der Waals surface area (Å²) in [5, 5.41) is 0. The fraction of sp³-hybridized carbons (Fsp3) is 0.500. The van der Waals surface area contributed by atoms with Crippen LogP contribution in [0.4, 0.5) is 0 Å². The molecule has 0 heterocycles. The molecule has 0 fully saturated rings. The van der Waals surface area contributed by atoms with Crippen molar-refractivity contribution in [3.63, 3.8) is 0 Å². The van der Waals surface area contributed by atoms with Gasteiger partial charge in [0.05, 0.1) is 0 Å². The summed E-state index contributed by atoms with van der Waals surface area (Å²) in [5.41, 5.74) is 1.51. The van der Waals surface area contributed by atoms with Crippen molar-refractivity contribution < 1.29 is 9.53 Å². The van der Waals surface area contributed by atoms with E-state index in [2.05, 4.69) is 27.7 Å². The van der Waals surface area contributed by atoms with E-state index in [4.69, 9.17) is 4.74 Å². The van der Waals surface area contributed by atoms with Crippen LogP contribution in [0.15, 0.2) is 24.3 Å². The van der Waals surface area contributed by atoms with Gasteiger partial charge in [0.25, 0.3) is 0 Å². The van der Waals surface area contributed by atoms with Gasteiger partial charge in [0, 0.05) is 6.32 Å². The Morgan fingerprint density at radius 2 is 1.82 bits per heavy atom. The Balaban J connectivity index is 2.78. The van der Waals surface area contributed by atoms with Crippen molar-refractivity contribution in [3.8, 4) is 5.75 Å². The van der Waals surface area contributed by atoms with E-state index in [9.17, 15) is 4.79 Å². The lowest BCUT2D eigenvalue weighted by Gasteiger charge is -2.27. The molecule has 1 aromatic rings. The Morgan fingerprint density at radius 1 is 1.29 bits per heavy atom. The molecule has 2 nitrogen and oxygen atoms in total. The Labute approximate surface area is 105 Å². The second kappa shape index (κ2) is 5.39. The molecule has 0 aliphatic heterocycles. The summed E-state index contributed by atoms with van der Waals surface area (Å²) in [7, 11) is 1.79. The van der Waals surface area contributed by atoms with Crippen molar-refractivity contribution in [1.82, 2.24) is 0 Å². The topological polar surface area (TPSA) is 26.3 Å². The molecule has 1 aromatic carbocycles. The highest BCUT2D eigenvalue weighted by Crippen LogP contribution is 2.34. The van der Waals surface area contributed by atoms with Gasteiger partial charge in [-0.15, -0.1) is 0 Å². The Hall–Kier alpha value is -1.25. The van der Waals surface area contributed by atoms with E-state index in [1.165, 1.54) is 5.56 Å². The second-order valence-electron chi connectivity index (χ2n) is 5.48. The van der Waals surface area contributed by atoms with Crippen LogP contribution < -0.4 is 4.74 Å². The van der Waals surface area contributed by atoms with Crippen molar-refractivity contribution in [2.45, 2.75) is 39.9 Å². The molecule has 1 rings (SSSR count). The van der Waals surface area contributed by atoms with Crippen LogP contribution in [0.2, 0.25) is 6.32 Å². The Morgan fingerprint density at radius 3 is 2.24 bits per heavy atom. The summed E-state index contributed by atoms with van der Waals surface area (Å²) in [6, 6.07) is 7.80. The van der Waals surface area contributed by atoms with Gasteiger partial charge in [-0.2, -0.15) is 0 Å². The van der Waals surface area contributed by atoms with E-state index in [1.807, 2.05) is 24.3 Å². The average molecular weight is 232 g/mol. The molecule has 0 amide bonds. The second-order valence-corrected chi connectivity index (χ2v) is 5.48. The number of carbonyl (C=O) groups is 1. The lowest BCUT2D eigenvalue weighted by Crippen LogP contribution is -2.15. The average Bonchev–Trinajstić information content (AvgIpc) is 2.27. The molecule has 0 radical (unpaired) electrons. The zero-order valence-corrected chi connectivity index (χ0v) is 11.4. The number of rotatable bonds is 3. The van der Waals surface area contributed by atoms with Crippen LogP contribution in [-0.2, 0) is 4.79 Å². The summed E-state index contributed by atoms with van der Waals surface area (Å²) in [5.74, 6) is 0.904. The zero-order valence-electron chi connectivity index (χ0n) is 11.4. The first-order valence-corrected chi connectivity index (χ1v) is 6.15. The van der Waals surface area contributed by atoms with Crippen molar-refractivity contribution in [2.75, 3.05) is 0 Å². The smallest absolute Gasteiger partial charge is 0.303 e. The molecule has 3 heteroatoms. The summed E-state index contributed by atoms with van der Waals surface area (Å²) in [6.45, 7) is 8.89. The highest BCUT2D eigenvalue weighted by Gasteiger charge is 2.21. The van der Waals surface area contributed by atoms with Gasteiger partial charge in [-0.3, -0.25) is 4.79 Å². The van der Waals surface area contributed by atoms with Gasteiger partial charge in [-0.1, -0.05) is 39.8 Å². The quantitative estimate of drug-likeness (QED) is 0.455. The Bertz CT molecular complexity index is 376. The molecular formula is C14H21BO2. The summed E-state index contributed by atoms with van der Waals surface area (Å²) in [4.78, 5) is 11.1. The van der Waals surface area contributed by atoms with E-state index in [1.54, 1.807) is 7.85 Å². The van der Waals surface area contributed by atoms with Crippen molar-refractivity contribution >= 4 is 13.8 Å². The van der Waals surface area contributed by atoms with Crippen LogP contribution in [0, 0.1) is 5.41 Å². The number of ether oxygens (including phenoxy) is 1. The first-order valence-electron chi connectivity index (χ1n) is 6.15. The fourth-order valence-corrected chi connectivity index (χ4v) is 1.53. The molecule has 17 heavy (non-hydrogen) atoms. The number of esters is 1. The van der Waals surface area contributed by atoms with Gasteiger partial charge in [-0.25, -0.2) is 0 Å². The summed E-state index contributed by atoms with van der Waals surface area (Å²) < 4.78 is 5.14. The van der Waals surface area contributed by atoms with E-state index < -0.39 is 0 Å². The molecule has 0 aromatic heterocycles. The Kier molecular flexibility index (Phi) is 4.38. The van der Waals surface area contributed by atoms with Gasteiger partial charge < -0.3 is 4.74 Å². The van der Waals surface area contributed by atoms with Crippen LogP contribution >= 0.6 is 0 Å². The molecule has 0 spiro atoms. The van der Waals surface area contributed by atoms with Crippen LogP contribution in [0.3, 0.4) is 0 Å². The minimum Gasteiger partial charge on any atom is -0.427 e. The molecule has 0 N–H and O–H groups in total. The molecule has 0 aliphatic carbocycles. The van der Waals surface area contributed by atoms with Crippen LogP contribution in [0.25, 0.3) is 0 Å². The number of hydrogen-bond donors (Lipinski definition) is 0. The number of hydrogen-bond acceptors (Lipinski definition) is 2. The van der Waals surface area contributed by atoms with Crippen molar-refractivity contribution in [3.05, 3.63) is 29.8 Å². The monoisotopic (exact) mass is 232 g/mol. The van der Waals surface area contributed by atoms with Gasteiger partial charge in [0.1, 0.15) is 13.6 Å². The third kappa shape index (κ3) is 3.92. The fourth-order valence-electron chi connectivity index (χ4n) is 1.53. The summed E-state index contributed by atoms with van der Waals surface area (Å²) >= 11 is 0. The maximum Gasteiger partial charge on any atom is 0.303 e. The predicted molar refractivity (Wildman–Crippen MR) is 73.3 cm³/mol. The molecular weight excluding hydrogens is 211 g/mol. The number of carbonyl (C=O) groups excluding carboxylic acids is 1. The minimum atomic E-state index is -0.193. The first kappa shape index (κ1) is 13.8. The number of benzene rings is 1. The van der Waals surface area contributed by atoms with Gasteiger partial charge in [-0.05, 0) is 29.0 Å². The van der Waals surface area contributed by atoms with Gasteiger partial charge in [0.15, 0.2) is 0 Å². The highest BCUT2D eigenvalue weighted by molar-refractivity contribution is 6.18. The highest BCUT2D eigenvalue weighted by atomic mass is 16.5. The minimum absolute atomic E-state index is 0.193. The molecule has 0 bridgehead atoms. The SMILES string of the molecule is BCC(=O)Oc1ccc(C(C)C(C)(C)C)cc1. The lowest BCUT2D eigenvalue weighted by atomic mass is 9.78. The molecule has 1 atom stereocenters.